The summed E-state index contributed by atoms with van der Waals surface area (Å²) in [5.74, 6) is 0.328. The van der Waals surface area contributed by atoms with E-state index in [9.17, 15) is 8.42 Å². The van der Waals surface area contributed by atoms with Gasteiger partial charge in [0.05, 0.1) is 4.90 Å². The average Bonchev–Trinajstić information content (AvgIpc) is 3.17. The van der Waals surface area contributed by atoms with Crippen LogP contribution in [0.4, 0.5) is 0 Å². The Labute approximate surface area is 132 Å². The fraction of sp³-hybridized carbons (Fsp3) is 0.733. The lowest BCUT2D eigenvalue weighted by molar-refractivity contribution is 0.434. The molecule has 2 rings (SSSR count). The molecule has 21 heavy (non-hydrogen) atoms. The molecule has 0 amide bonds. The zero-order valence-corrected chi connectivity index (χ0v) is 14.9. The number of hydrogen-bond acceptors (Lipinski definition) is 4. The van der Waals surface area contributed by atoms with Crippen LogP contribution in [0, 0.1) is 12.8 Å². The highest BCUT2D eigenvalue weighted by Gasteiger charge is 2.25. The van der Waals surface area contributed by atoms with Gasteiger partial charge in [0.1, 0.15) is 0 Å². The third-order valence-electron chi connectivity index (χ3n) is 4.19. The van der Waals surface area contributed by atoms with Gasteiger partial charge in [0.25, 0.3) is 0 Å². The second-order valence-electron chi connectivity index (χ2n) is 6.08. The summed E-state index contributed by atoms with van der Waals surface area (Å²) < 4.78 is 27.9. The molecule has 2 N–H and O–H groups in total. The molecule has 2 unspecified atom stereocenters. The van der Waals surface area contributed by atoms with Crippen LogP contribution in [-0.4, -0.2) is 20.5 Å². The van der Waals surface area contributed by atoms with Gasteiger partial charge in [-0.2, -0.15) is 0 Å². The first kappa shape index (κ1) is 16.9. The van der Waals surface area contributed by atoms with Crippen molar-refractivity contribution in [2.75, 3.05) is 0 Å². The Morgan fingerprint density at radius 3 is 2.62 bits per heavy atom. The van der Waals surface area contributed by atoms with Gasteiger partial charge in [-0.05, 0) is 38.7 Å². The molecule has 120 valence electrons. The number of sulfonamides is 1. The largest absolute Gasteiger partial charge is 0.309 e. The fourth-order valence-corrected chi connectivity index (χ4v) is 5.13. The Morgan fingerprint density at radius 2 is 2.05 bits per heavy atom. The zero-order chi connectivity index (χ0) is 15.6. The van der Waals surface area contributed by atoms with E-state index in [4.69, 9.17) is 0 Å². The molecule has 0 spiro atoms. The van der Waals surface area contributed by atoms with E-state index in [2.05, 4.69) is 23.9 Å². The molecule has 0 aliphatic heterocycles. The summed E-state index contributed by atoms with van der Waals surface area (Å²) in [6.45, 7) is 8.73. The molecule has 1 aromatic heterocycles. The smallest absolute Gasteiger partial charge is 0.241 e. The van der Waals surface area contributed by atoms with E-state index in [1.54, 1.807) is 11.3 Å². The second kappa shape index (κ2) is 6.77. The molecule has 1 fully saturated rings. The minimum atomic E-state index is -3.41. The molecule has 1 aromatic rings. The second-order valence-corrected chi connectivity index (χ2v) is 9.11. The van der Waals surface area contributed by atoms with E-state index in [0.29, 0.717) is 16.9 Å². The molecule has 4 nitrogen and oxygen atoms in total. The van der Waals surface area contributed by atoms with Crippen molar-refractivity contribution < 1.29 is 8.42 Å². The maximum absolute atomic E-state index is 12.5. The SMILES string of the molecule is CCC(C)C(C)NS(=O)(=O)c1cc(CNC2CC2)sc1C. The van der Waals surface area contributed by atoms with Gasteiger partial charge in [0, 0.05) is 28.4 Å². The lowest BCUT2D eigenvalue weighted by Gasteiger charge is -2.19. The highest BCUT2D eigenvalue weighted by Crippen LogP contribution is 2.27. The van der Waals surface area contributed by atoms with Crippen LogP contribution in [0.5, 0.6) is 0 Å². The van der Waals surface area contributed by atoms with Crippen molar-refractivity contribution in [1.82, 2.24) is 10.0 Å². The van der Waals surface area contributed by atoms with Crippen LogP contribution in [-0.2, 0) is 16.6 Å². The molecular formula is C15H26N2O2S2. The molecule has 1 aliphatic carbocycles. The first-order valence-electron chi connectivity index (χ1n) is 7.68. The van der Waals surface area contributed by atoms with Crippen LogP contribution in [0.2, 0.25) is 0 Å². The van der Waals surface area contributed by atoms with E-state index in [1.165, 1.54) is 12.8 Å². The topological polar surface area (TPSA) is 58.2 Å². The molecule has 6 heteroatoms. The van der Waals surface area contributed by atoms with Gasteiger partial charge >= 0.3 is 0 Å². The fourth-order valence-electron chi connectivity index (χ4n) is 2.19. The van der Waals surface area contributed by atoms with Crippen molar-refractivity contribution in [2.45, 2.75) is 70.5 Å². The third-order valence-corrected chi connectivity index (χ3v) is 7.06. The first-order chi connectivity index (χ1) is 9.83. The Balaban J connectivity index is 2.07. The number of aryl methyl sites for hydroxylation is 1. The maximum atomic E-state index is 12.5. The van der Waals surface area contributed by atoms with E-state index >= 15 is 0 Å². The van der Waals surface area contributed by atoms with Crippen molar-refractivity contribution in [3.63, 3.8) is 0 Å². The summed E-state index contributed by atoms with van der Waals surface area (Å²) in [5, 5.41) is 3.43. The number of rotatable bonds is 8. The molecule has 0 radical (unpaired) electrons. The Morgan fingerprint density at radius 1 is 1.38 bits per heavy atom. The molecule has 0 saturated heterocycles. The number of hydrogen-bond donors (Lipinski definition) is 2. The van der Waals surface area contributed by atoms with Gasteiger partial charge in [-0.3, -0.25) is 0 Å². The summed E-state index contributed by atoms with van der Waals surface area (Å²) in [5.41, 5.74) is 0. The predicted octanol–water partition coefficient (Wildman–Crippen LogP) is 3.02. The minimum Gasteiger partial charge on any atom is -0.309 e. The van der Waals surface area contributed by atoms with Crippen LogP contribution < -0.4 is 10.0 Å². The van der Waals surface area contributed by atoms with Crippen LogP contribution in [0.25, 0.3) is 0 Å². The monoisotopic (exact) mass is 330 g/mol. The van der Waals surface area contributed by atoms with E-state index in [0.717, 1.165) is 22.7 Å². The Kier molecular flexibility index (Phi) is 5.46. The van der Waals surface area contributed by atoms with E-state index in [-0.39, 0.29) is 6.04 Å². The summed E-state index contributed by atoms with van der Waals surface area (Å²) in [4.78, 5) is 2.40. The van der Waals surface area contributed by atoms with Crippen LogP contribution in [0.15, 0.2) is 11.0 Å². The van der Waals surface area contributed by atoms with Crippen molar-refractivity contribution >= 4 is 21.4 Å². The summed E-state index contributed by atoms with van der Waals surface area (Å²) in [7, 11) is -3.41. The standard InChI is InChI=1S/C15H26N2O2S2/c1-5-10(2)11(3)17-21(18,19)15-8-14(20-12(15)4)9-16-13-6-7-13/h8,10-11,13,16-17H,5-7,9H2,1-4H3. The van der Waals surface area contributed by atoms with Crippen molar-refractivity contribution in [3.8, 4) is 0 Å². The van der Waals surface area contributed by atoms with Gasteiger partial charge in [0.2, 0.25) is 10.0 Å². The van der Waals surface area contributed by atoms with Crippen molar-refractivity contribution in [2.24, 2.45) is 5.92 Å². The number of nitrogens with one attached hydrogen (secondary N) is 2. The molecule has 0 bridgehead atoms. The lowest BCUT2D eigenvalue weighted by atomic mass is 10.0. The lowest BCUT2D eigenvalue weighted by Crippen LogP contribution is -2.36. The summed E-state index contributed by atoms with van der Waals surface area (Å²) in [6, 6.07) is 2.41. The van der Waals surface area contributed by atoms with E-state index < -0.39 is 10.0 Å². The van der Waals surface area contributed by atoms with Crippen LogP contribution in [0.3, 0.4) is 0 Å². The maximum Gasteiger partial charge on any atom is 0.241 e. The third kappa shape index (κ3) is 4.52. The van der Waals surface area contributed by atoms with Crippen molar-refractivity contribution in [1.29, 1.82) is 0 Å². The zero-order valence-electron chi connectivity index (χ0n) is 13.3. The predicted molar refractivity (Wildman–Crippen MR) is 88.2 cm³/mol. The average molecular weight is 331 g/mol. The molecule has 1 saturated carbocycles. The van der Waals surface area contributed by atoms with Gasteiger partial charge in [-0.15, -0.1) is 11.3 Å². The van der Waals surface area contributed by atoms with Crippen LogP contribution in [0.1, 0.15) is 49.8 Å². The van der Waals surface area contributed by atoms with Crippen LogP contribution >= 0.6 is 11.3 Å². The molecule has 0 aromatic carbocycles. The van der Waals surface area contributed by atoms with Gasteiger partial charge in [-0.1, -0.05) is 20.3 Å². The number of thiophene rings is 1. The Bertz CT molecular complexity index is 576. The van der Waals surface area contributed by atoms with Crippen molar-refractivity contribution in [3.05, 3.63) is 15.8 Å². The molecule has 1 heterocycles. The van der Waals surface area contributed by atoms with E-state index in [1.807, 2.05) is 19.9 Å². The minimum absolute atomic E-state index is 0.0488. The molecular weight excluding hydrogens is 304 g/mol. The first-order valence-corrected chi connectivity index (χ1v) is 9.98. The summed E-state index contributed by atoms with van der Waals surface area (Å²) in [6.07, 6.45) is 3.44. The van der Waals surface area contributed by atoms with Gasteiger partial charge < -0.3 is 5.32 Å². The highest BCUT2D eigenvalue weighted by atomic mass is 32.2. The molecule has 1 aliphatic rings. The van der Waals surface area contributed by atoms with Gasteiger partial charge in [-0.25, -0.2) is 13.1 Å². The summed E-state index contributed by atoms with van der Waals surface area (Å²) >= 11 is 1.57. The molecule has 2 atom stereocenters. The highest BCUT2D eigenvalue weighted by molar-refractivity contribution is 7.89. The normalized spacial score (nSPS) is 18.7. The Hall–Kier alpha value is -0.430. The van der Waals surface area contributed by atoms with Gasteiger partial charge in [0.15, 0.2) is 0 Å². The quantitative estimate of drug-likeness (QED) is 0.770.